The fraction of sp³-hybridized carbons (Fsp3) is 0.357. The Morgan fingerprint density at radius 3 is 3.00 bits per heavy atom. The van der Waals surface area contributed by atoms with E-state index in [4.69, 9.17) is 10.7 Å². The first-order valence-electron chi connectivity index (χ1n) is 6.79. The van der Waals surface area contributed by atoms with Crippen LogP contribution in [0.15, 0.2) is 28.4 Å². The molecule has 3 aromatic rings. The number of thiophene rings is 1. The van der Waals surface area contributed by atoms with Crippen LogP contribution in [-0.2, 0) is 13.1 Å². The number of nitrogens with two attached hydrogens (primary N) is 1. The Hall–Kier alpha value is -1.37. The molecule has 0 aliphatic heterocycles. The lowest BCUT2D eigenvalue weighted by Gasteiger charge is -2.23. The summed E-state index contributed by atoms with van der Waals surface area (Å²) in [5.74, 6) is 1.08. The second-order valence-corrected chi connectivity index (χ2v) is 6.79. The highest BCUT2D eigenvalue weighted by atomic mass is 32.1. The van der Waals surface area contributed by atoms with Crippen LogP contribution in [0.3, 0.4) is 0 Å². The highest BCUT2D eigenvalue weighted by molar-refractivity contribution is 7.15. The van der Waals surface area contributed by atoms with E-state index in [-0.39, 0.29) is 0 Å². The summed E-state index contributed by atoms with van der Waals surface area (Å²) in [5.41, 5.74) is 8.46. The van der Waals surface area contributed by atoms with Gasteiger partial charge >= 0.3 is 0 Å². The number of hydrogen-bond donors (Lipinski definition) is 1. The van der Waals surface area contributed by atoms with Gasteiger partial charge in [-0.3, -0.25) is 4.40 Å². The molecule has 1 aliphatic rings. The summed E-state index contributed by atoms with van der Waals surface area (Å²) in [5, 5.41) is 6.41. The lowest BCUT2D eigenvalue weighted by molar-refractivity contribution is 0.772. The molecule has 3 aromatic heterocycles. The van der Waals surface area contributed by atoms with Crippen molar-refractivity contribution in [3.63, 3.8) is 0 Å². The van der Waals surface area contributed by atoms with Gasteiger partial charge in [0.25, 0.3) is 0 Å². The number of fused-ring (bicyclic) bond motifs is 1. The summed E-state index contributed by atoms with van der Waals surface area (Å²) >= 11 is 3.42. The molecule has 4 rings (SSSR count). The second kappa shape index (κ2) is 4.87. The Kier molecular flexibility index (Phi) is 3.02. The maximum atomic E-state index is 5.97. The fourth-order valence-electron chi connectivity index (χ4n) is 2.58. The summed E-state index contributed by atoms with van der Waals surface area (Å²) in [6.45, 7) is 1.46. The largest absolute Gasteiger partial charge is 0.348 e. The van der Waals surface area contributed by atoms with Crippen LogP contribution >= 0.6 is 22.7 Å². The van der Waals surface area contributed by atoms with Crippen molar-refractivity contribution in [1.29, 1.82) is 0 Å². The van der Waals surface area contributed by atoms with Gasteiger partial charge in [-0.2, -0.15) is 11.3 Å². The fourth-order valence-corrected chi connectivity index (χ4v) is 3.97. The van der Waals surface area contributed by atoms with E-state index >= 15 is 0 Å². The van der Waals surface area contributed by atoms with Crippen LogP contribution in [0.5, 0.6) is 0 Å². The summed E-state index contributed by atoms with van der Waals surface area (Å²) in [6.07, 6.45) is 4.59. The van der Waals surface area contributed by atoms with E-state index in [0.717, 1.165) is 23.0 Å². The molecule has 0 radical (unpaired) electrons. The maximum absolute atomic E-state index is 5.97. The van der Waals surface area contributed by atoms with Crippen molar-refractivity contribution in [2.45, 2.75) is 32.0 Å². The molecule has 0 atom stereocenters. The van der Waals surface area contributed by atoms with Gasteiger partial charge in [0.2, 0.25) is 0 Å². The van der Waals surface area contributed by atoms with Gasteiger partial charge in [0.15, 0.2) is 10.8 Å². The SMILES string of the molecule is NCc1c(N(Cc2ccsc2)C2CC2)nc2sccn12. The molecule has 0 saturated heterocycles. The number of imidazole rings is 1. The molecule has 0 aromatic carbocycles. The first-order chi connectivity index (χ1) is 9.86. The van der Waals surface area contributed by atoms with Gasteiger partial charge in [0, 0.05) is 30.7 Å². The lowest BCUT2D eigenvalue weighted by atomic mass is 10.3. The number of rotatable bonds is 5. The Balaban J connectivity index is 1.75. The minimum absolute atomic E-state index is 0.528. The molecule has 1 fully saturated rings. The van der Waals surface area contributed by atoms with Crippen molar-refractivity contribution in [1.82, 2.24) is 9.38 Å². The first-order valence-corrected chi connectivity index (χ1v) is 8.61. The molecule has 3 heterocycles. The van der Waals surface area contributed by atoms with Gasteiger partial charge in [-0.25, -0.2) is 4.98 Å². The summed E-state index contributed by atoms with van der Waals surface area (Å²) < 4.78 is 2.13. The zero-order valence-electron chi connectivity index (χ0n) is 11.0. The van der Waals surface area contributed by atoms with E-state index in [1.54, 1.807) is 22.7 Å². The lowest BCUT2D eigenvalue weighted by Crippen LogP contribution is -2.26. The van der Waals surface area contributed by atoms with Crippen LogP contribution in [0.2, 0.25) is 0 Å². The molecule has 0 spiro atoms. The molecule has 0 bridgehead atoms. The number of hydrogen-bond acceptors (Lipinski definition) is 5. The average molecular weight is 304 g/mol. The molecule has 2 N–H and O–H groups in total. The topological polar surface area (TPSA) is 46.6 Å². The third-order valence-corrected chi connectivity index (χ3v) is 5.21. The minimum Gasteiger partial charge on any atom is -0.348 e. The molecule has 0 amide bonds. The molecule has 0 unspecified atom stereocenters. The van der Waals surface area contributed by atoms with E-state index in [1.165, 1.54) is 18.4 Å². The predicted molar refractivity (Wildman–Crippen MR) is 84.5 cm³/mol. The van der Waals surface area contributed by atoms with Crippen LogP contribution in [0.1, 0.15) is 24.1 Å². The van der Waals surface area contributed by atoms with Gasteiger partial charge in [-0.15, -0.1) is 11.3 Å². The summed E-state index contributed by atoms with van der Waals surface area (Å²) in [4.78, 5) is 8.29. The van der Waals surface area contributed by atoms with E-state index < -0.39 is 0 Å². The van der Waals surface area contributed by atoms with E-state index in [9.17, 15) is 0 Å². The maximum Gasteiger partial charge on any atom is 0.195 e. The van der Waals surface area contributed by atoms with Crippen molar-refractivity contribution < 1.29 is 0 Å². The van der Waals surface area contributed by atoms with Gasteiger partial charge in [0.1, 0.15) is 0 Å². The quantitative estimate of drug-likeness (QED) is 0.788. The smallest absolute Gasteiger partial charge is 0.195 e. The molecule has 104 valence electrons. The summed E-state index contributed by atoms with van der Waals surface area (Å²) in [6, 6.07) is 2.82. The molecular formula is C14H16N4S2. The van der Waals surface area contributed by atoms with Gasteiger partial charge in [-0.1, -0.05) is 0 Å². The second-order valence-electron chi connectivity index (χ2n) is 5.13. The van der Waals surface area contributed by atoms with Crippen molar-refractivity contribution in [3.05, 3.63) is 39.7 Å². The number of aromatic nitrogens is 2. The molecule has 6 heteroatoms. The van der Waals surface area contributed by atoms with Crippen molar-refractivity contribution in [2.24, 2.45) is 5.73 Å². The number of nitrogens with zero attached hydrogens (tertiary/aromatic N) is 3. The molecular weight excluding hydrogens is 288 g/mol. The molecule has 4 nitrogen and oxygen atoms in total. The normalized spacial score (nSPS) is 15.1. The van der Waals surface area contributed by atoms with Gasteiger partial charge in [0.05, 0.1) is 5.69 Å². The zero-order chi connectivity index (χ0) is 13.5. The van der Waals surface area contributed by atoms with Gasteiger partial charge < -0.3 is 10.6 Å². The van der Waals surface area contributed by atoms with Crippen LogP contribution in [0.4, 0.5) is 5.82 Å². The minimum atomic E-state index is 0.528. The highest BCUT2D eigenvalue weighted by Crippen LogP contribution is 2.35. The molecule has 20 heavy (non-hydrogen) atoms. The van der Waals surface area contributed by atoms with Crippen LogP contribution in [0, 0.1) is 0 Å². The van der Waals surface area contributed by atoms with E-state index in [0.29, 0.717) is 12.6 Å². The van der Waals surface area contributed by atoms with E-state index in [1.807, 2.05) is 0 Å². The zero-order valence-corrected chi connectivity index (χ0v) is 12.7. The van der Waals surface area contributed by atoms with E-state index in [2.05, 4.69) is 37.7 Å². The van der Waals surface area contributed by atoms with Crippen molar-refractivity contribution >= 4 is 33.5 Å². The molecule has 1 aliphatic carbocycles. The Morgan fingerprint density at radius 1 is 1.40 bits per heavy atom. The van der Waals surface area contributed by atoms with Crippen LogP contribution in [-0.4, -0.2) is 15.4 Å². The Morgan fingerprint density at radius 2 is 2.30 bits per heavy atom. The van der Waals surface area contributed by atoms with Crippen LogP contribution < -0.4 is 10.6 Å². The Bertz CT molecular complexity index is 709. The first kappa shape index (κ1) is 12.4. The van der Waals surface area contributed by atoms with Crippen LogP contribution in [0.25, 0.3) is 4.96 Å². The monoisotopic (exact) mass is 304 g/mol. The standard InChI is InChI=1S/C14H16N4S2/c15-7-12-13(16-14-17(12)4-6-20-14)18(11-1-2-11)8-10-3-5-19-9-10/h3-6,9,11H,1-2,7-8,15H2. The van der Waals surface area contributed by atoms with Crippen molar-refractivity contribution in [3.8, 4) is 0 Å². The number of anilines is 1. The highest BCUT2D eigenvalue weighted by Gasteiger charge is 2.32. The third kappa shape index (κ3) is 2.04. The Labute approximate surface area is 125 Å². The predicted octanol–water partition coefficient (Wildman–Crippen LogP) is 3.09. The van der Waals surface area contributed by atoms with Crippen molar-refractivity contribution in [2.75, 3.05) is 4.90 Å². The van der Waals surface area contributed by atoms with Gasteiger partial charge in [-0.05, 0) is 35.2 Å². The molecule has 1 saturated carbocycles. The average Bonchev–Trinajstić information content (AvgIpc) is 2.88. The third-order valence-electron chi connectivity index (χ3n) is 3.73. The number of thiazole rings is 1. The summed E-state index contributed by atoms with van der Waals surface area (Å²) in [7, 11) is 0.